The normalized spacial score (nSPS) is 12.4. The maximum Gasteiger partial charge on any atom is 0.271 e. The summed E-state index contributed by atoms with van der Waals surface area (Å²) in [6, 6.07) is -0.0394. The van der Waals surface area contributed by atoms with Crippen LogP contribution in [0, 0.1) is 6.92 Å². The third-order valence-corrected chi connectivity index (χ3v) is 2.99. The van der Waals surface area contributed by atoms with Crippen LogP contribution in [0.2, 0.25) is 0 Å². The fraction of sp³-hybridized carbons (Fsp3) is 0.667. The van der Waals surface area contributed by atoms with Crippen molar-refractivity contribution in [3.8, 4) is 0 Å². The topological polar surface area (TPSA) is 93.2 Å². The molecule has 1 amide bonds. The average Bonchev–Trinajstić information content (AvgIpc) is 2.64. The summed E-state index contributed by atoms with van der Waals surface area (Å²) >= 11 is 0. The third kappa shape index (κ3) is 3.01. The summed E-state index contributed by atoms with van der Waals surface area (Å²) in [5.74, 6) is -0.227. The summed E-state index contributed by atoms with van der Waals surface area (Å²) in [5, 5.41) is 16.0. The predicted octanol–water partition coefficient (Wildman–Crippen LogP) is 0.684. The fourth-order valence-corrected chi connectivity index (χ4v) is 1.85. The molecule has 1 heterocycles. The first kappa shape index (κ1) is 14.5. The van der Waals surface area contributed by atoms with Crippen LogP contribution in [0.15, 0.2) is 0 Å². The Hall–Kier alpha value is -1.56. The molecule has 0 aliphatic rings. The second kappa shape index (κ2) is 6.39. The molecule has 0 radical (unpaired) electrons. The highest BCUT2D eigenvalue weighted by molar-refractivity contribution is 5.98. The van der Waals surface area contributed by atoms with Crippen molar-refractivity contribution < 1.29 is 9.90 Å². The van der Waals surface area contributed by atoms with E-state index >= 15 is 0 Å². The lowest BCUT2D eigenvalue weighted by atomic mass is 10.1. The third-order valence-electron chi connectivity index (χ3n) is 2.99. The standard InChI is InChI=1S/C12H22N4O2/c1-4-9(6-7-17)14-12(18)11-10(13)8(3)15-16(11)5-2/h9,17H,4-7,13H2,1-3H3,(H,14,18). The SMILES string of the molecule is CCC(CCO)NC(=O)c1c(N)c(C)nn1CC. The number of nitrogens with one attached hydrogen (secondary N) is 1. The van der Waals surface area contributed by atoms with Gasteiger partial charge in [-0.2, -0.15) is 5.10 Å². The van der Waals surface area contributed by atoms with Gasteiger partial charge in [0.2, 0.25) is 0 Å². The molecule has 0 aliphatic carbocycles. The summed E-state index contributed by atoms with van der Waals surface area (Å²) in [5.41, 5.74) is 7.37. The zero-order chi connectivity index (χ0) is 13.7. The van der Waals surface area contributed by atoms with E-state index < -0.39 is 0 Å². The van der Waals surface area contributed by atoms with E-state index in [1.165, 1.54) is 0 Å². The number of carbonyl (C=O) groups excluding carboxylic acids is 1. The van der Waals surface area contributed by atoms with Crippen LogP contribution in [0.5, 0.6) is 0 Å². The second-order valence-electron chi connectivity index (χ2n) is 4.25. The lowest BCUT2D eigenvalue weighted by molar-refractivity contribution is 0.0919. The van der Waals surface area contributed by atoms with Crippen LogP contribution in [0.25, 0.3) is 0 Å². The Balaban J connectivity index is 2.89. The van der Waals surface area contributed by atoms with E-state index in [1.54, 1.807) is 11.6 Å². The van der Waals surface area contributed by atoms with Crippen molar-refractivity contribution in [2.24, 2.45) is 0 Å². The summed E-state index contributed by atoms with van der Waals surface area (Å²) in [4.78, 5) is 12.2. The van der Waals surface area contributed by atoms with Crippen LogP contribution in [-0.4, -0.2) is 33.4 Å². The zero-order valence-corrected chi connectivity index (χ0v) is 11.2. The Labute approximate surface area is 107 Å². The number of nitrogens with zero attached hydrogens (tertiary/aromatic N) is 2. The van der Waals surface area contributed by atoms with Gasteiger partial charge in [0.15, 0.2) is 0 Å². The van der Waals surface area contributed by atoms with Gasteiger partial charge in [-0.15, -0.1) is 0 Å². The van der Waals surface area contributed by atoms with Crippen LogP contribution < -0.4 is 11.1 Å². The lowest BCUT2D eigenvalue weighted by Gasteiger charge is -2.16. The molecule has 1 aromatic rings. The average molecular weight is 254 g/mol. The number of hydrogen-bond acceptors (Lipinski definition) is 4. The smallest absolute Gasteiger partial charge is 0.271 e. The van der Waals surface area contributed by atoms with E-state index in [1.807, 2.05) is 13.8 Å². The molecule has 102 valence electrons. The Bertz CT molecular complexity index is 414. The number of nitrogen functional groups attached to an aromatic ring is 1. The molecule has 4 N–H and O–H groups in total. The van der Waals surface area contributed by atoms with E-state index in [4.69, 9.17) is 10.8 Å². The van der Waals surface area contributed by atoms with Crippen molar-refractivity contribution in [1.29, 1.82) is 0 Å². The molecular formula is C12H22N4O2. The Morgan fingerprint density at radius 1 is 1.56 bits per heavy atom. The largest absolute Gasteiger partial charge is 0.396 e. The first-order valence-corrected chi connectivity index (χ1v) is 6.29. The van der Waals surface area contributed by atoms with Gasteiger partial charge in [0.1, 0.15) is 5.69 Å². The number of carbonyl (C=O) groups is 1. The molecule has 6 heteroatoms. The molecule has 1 rings (SSSR count). The minimum atomic E-state index is -0.227. The van der Waals surface area contributed by atoms with Gasteiger partial charge in [0.25, 0.3) is 5.91 Å². The van der Waals surface area contributed by atoms with Crippen LogP contribution >= 0.6 is 0 Å². The molecule has 1 atom stereocenters. The Morgan fingerprint density at radius 3 is 2.72 bits per heavy atom. The molecule has 0 spiro atoms. The minimum absolute atomic E-state index is 0.0394. The van der Waals surface area contributed by atoms with Crippen molar-refractivity contribution >= 4 is 11.6 Å². The van der Waals surface area contributed by atoms with Crippen molar-refractivity contribution in [2.45, 2.75) is 46.2 Å². The minimum Gasteiger partial charge on any atom is -0.396 e. The maximum absolute atomic E-state index is 12.2. The molecule has 0 fully saturated rings. The summed E-state index contributed by atoms with van der Waals surface area (Å²) < 4.78 is 1.60. The first-order chi connectivity index (χ1) is 8.54. The van der Waals surface area contributed by atoms with Gasteiger partial charge in [-0.25, -0.2) is 0 Å². The molecule has 6 nitrogen and oxygen atoms in total. The van der Waals surface area contributed by atoms with Crippen LogP contribution in [0.4, 0.5) is 5.69 Å². The van der Waals surface area contributed by atoms with Crippen LogP contribution in [0.3, 0.4) is 0 Å². The van der Waals surface area contributed by atoms with Crippen molar-refractivity contribution in [2.75, 3.05) is 12.3 Å². The number of amides is 1. The number of aliphatic hydroxyl groups excluding tert-OH is 1. The lowest BCUT2D eigenvalue weighted by Crippen LogP contribution is -2.36. The number of aromatic nitrogens is 2. The fourth-order valence-electron chi connectivity index (χ4n) is 1.85. The number of rotatable bonds is 6. The molecule has 18 heavy (non-hydrogen) atoms. The zero-order valence-electron chi connectivity index (χ0n) is 11.2. The van der Waals surface area contributed by atoms with E-state index in [0.29, 0.717) is 30.0 Å². The molecule has 0 aliphatic heterocycles. The summed E-state index contributed by atoms with van der Waals surface area (Å²) in [7, 11) is 0. The molecule has 0 saturated carbocycles. The van der Waals surface area contributed by atoms with Crippen molar-refractivity contribution in [3.63, 3.8) is 0 Å². The number of anilines is 1. The van der Waals surface area contributed by atoms with Crippen molar-refractivity contribution in [1.82, 2.24) is 15.1 Å². The highest BCUT2D eigenvalue weighted by atomic mass is 16.3. The van der Waals surface area contributed by atoms with Crippen LogP contribution in [0.1, 0.15) is 42.9 Å². The summed E-state index contributed by atoms with van der Waals surface area (Å²) in [6.07, 6.45) is 1.31. The number of hydrogen-bond donors (Lipinski definition) is 3. The Morgan fingerprint density at radius 2 is 2.22 bits per heavy atom. The highest BCUT2D eigenvalue weighted by Gasteiger charge is 2.20. The second-order valence-corrected chi connectivity index (χ2v) is 4.25. The van der Waals surface area contributed by atoms with Gasteiger partial charge >= 0.3 is 0 Å². The highest BCUT2D eigenvalue weighted by Crippen LogP contribution is 2.16. The van der Waals surface area contributed by atoms with Gasteiger partial charge in [-0.3, -0.25) is 9.48 Å². The summed E-state index contributed by atoms with van der Waals surface area (Å²) in [6.45, 7) is 6.31. The van der Waals surface area contributed by atoms with E-state index in [2.05, 4.69) is 10.4 Å². The van der Waals surface area contributed by atoms with Gasteiger partial charge in [0.05, 0.1) is 11.4 Å². The van der Waals surface area contributed by atoms with Gasteiger partial charge in [-0.1, -0.05) is 6.92 Å². The molecule has 0 aromatic carbocycles. The number of aliphatic hydroxyl groups is 1. The quantitative estimate of drug-likeness (QED) is 0.696. The molecule has 0 saturated heterocycles. The number of nitrogens with two attached hydrogens (primary N) is 1. The van der Waals surface area contributed by atoms with E-state index in [0.717, 1.165) is 6.42 Å². The Kier molecular flexibility index (Phi) is 5.15. The molecule has 0 bridgehead atoms. The molecule has 1 unspecified atom stereocenters. The van der Waals surface area contributed by atoms with Gasteiger partial charge in [-0.05, 0) is 26.7 Å². The van der Waals surface area contributed by atoms with Gasteiger partial charge in [0, 0.05) is 19.2 Å². The van der Waals surface area contributed by atoms with Crippen LogP contribution in [-0.2, 0) is 6.54 Å². The van der Waals surface area contributed by atoms with E-state index in [9.17, 15) is 4.79 Å². The van der Waals surface area contributed by atoms with Crippen molar-refractivity contribution in [3.05, 3.63) is 11.4 Å². The molecule has 1 aromatic heterocycles. The number of aryl methyl sites for hydroxylation is 2. The van der Waals surface area contributed by atoms with E-state index in [-0.39, 0.29) is 18.6 Å². The maximum atomic E-state index is 12.2. The predicted molar refractivity (Wildman–Crippen MR) is 70.3 cm³/mol. The van der Waals surface area contributed by atoms with Gasteiger partial charge < -0.3 is 16.2 Å². The molecular weight excluding hydrogens is 232 g/mol. The first-order valence-electron chi connectivity index (χ1n) is 6.29. The monoisotopic (exact) mass is 254 g/mol.